The molecule has 146 valence electrons. The van der Waals surface area contributed by atoms with Crippen LogP contribution < -0.4 is 14.8 Å². The van der Waals surface area contributed by atoms with Crippen LogP contribution in [-0.2, 0) is 4.79 Å². The van der Waals surface area contributed by atoms with E-state index in [1.54, 1.807) is 0 Å². The topological polar surface area (TPSA) is 50.8 Å². The molecular formula is C20H24Cl2N2O3. The van der Waals surface area contributed by atoms with Crippen molar-refractivity contribution in [1.29, 1.82) is 0 Å². The summed E-state index contributed by atoms with van der Waals surface area (Å²) in [7, 11) is 0. The summed E-state index contributed by atoms with van der Waals surface area (Å²) in [6.45, 7) is 4.52. The highest BCUT2D eigenvalue weighted by Gasteiger charge is 2.28. The van der Waals surface area contributed by atoms with Gasteiger partial charge in [-0.05, 0) is 36.8 Å². The van der Waals surface area contributed by atoms with E-state index in [4.69, 9.17) is 21.1 Å². The number of carbonyl (C=O) groups is 1. The predicted molar refractivity (Wildman–Crippen MR) is 109 cm³/mol. The zero-order valence-corrected chi connectivity index (χ0v) is 16.8. The molecule has 2 aromatic rings. The van der Waals surface area contributed by atoms with Gasteiger partial charge in [0.05, 0.1) is 12.6 Å². The Morgan fingerprint density at radius 3 is 2.63 bits per heavy atom. The summed E-state index contributed by atoms with van der Waals surface area (Å²) >= 11 is 6.12. The van der Waals surface area contributed by atoms with E-state index in [-0.39, 0.29) is 31.0 Å². The number of para-hydroxylation sites is 2. The Balaban J connectivity index is 0.00000261. The quantitative estimate of drug-likeness (QED) is 0.788. The lowest BCUT2D eigenvalue weighted by Gasteiger charge is -2.36. The average Bonchev–Trinajstić information content (AvgIpc) is 2.67. The summed E-state index contributed by atoms with van der Waals surface area (Å²) < 4.78 is 11.3. The number of nitrogens with zero attached hydrogens (tertiary/aromatic N) is 1. The van der Waals surface area contributed by atoms with E-state index in [2.05, 4.69) is 5.32 Å². The number of piperazine rings is 1. The van der Waals surface area contributed by atoms with Crippen LogP contribution in [0.1, 0.15) is 18.5 Å². The summed E-state index contributed by atoms with van der Waals surface area (Å²) in [6.07, 6.45) is 0. The van der Waals surface area contributed by atoms with Crippen LogP contribution in [-0.4, -0.2) is 43.7 Å². The molecule has 1 aliphatic heterocycles. The molecule has 7 heteroatoms. The molecule has 1 aliphatic rings. The molecule has 2 aromatic carbocycles. The van der Waals surface area contributed by atoms with Crippen LogP contribution in [0.25, 0.3) is 0 Å². The summed E-state index contributed by atoms with van der Waals surface area (Å²) in [4.78, 5) is 14.7. The summed E-state index contributed by atoms with van der Waals surface area (Å²) in [5, 5.41) is 4.01. The fourth-order valence-electron chi connectivity index (χ4n) is 3.08. The lowest BCUT2D eigenvalue weighted by molar-refractivity contribution is -0.136. The van der Waals surface area contributed by atoms with Crippen LogP contribution in [0.3, 0.4) is 0 Å². The van der Waals surface area contributed by atoms with Crippen LogP contribution in [0.5, 0.6) is 11.5 Å². The Hall–Kier alpha value is -1.95. The molecule has 1 amide bonds. The molecule has 1 atom stereocenters. The largest absolute Gasteiger partial charge is 0.490 e. The van der Waals surface area contributed by atoms with Crippen LogP contribution in [0, 0.1) is 0 Å². The molecule has 0 aliphatic carbocycles. The summed E-state index contributed by atoms with van der Waals surface area (Å²) in [5.41, 5.74) is 1.02. The van der Waals surface area contributed by atoms with Gasteiger partial charge in [-0.2, -0.15) is 0 Å². The molecule has 0 saturated carbocycles. The van der Waals surface area contributed by atoms with Gasteiger partial charge >= 0.3 is 0 Å². The maximum atomic E-state index is 12.8. The Morgan fingerprint density at radius 2 is 1.93 bits per heavy atom. The van der Waals surface area contributed by atoms with Crippen molar-refractivity contribution in [3.05, 3.63) is 59.1 Å². The lowest BCUT2D eigenvalue weighted by atomic mass is 10.0. The maximum absolute atomic E-state index is 12.8. The standard InChI is InChI=1S/C20H23ClN2O3.ClH/c1-2-25-18-8-3-4-9-19(18)26-14-20(24)23-11-10-22-13-17(23)15-6-5-7-16(21)12-15;/h3-9,12,17,22H,2,10-11,13-14H2,1H3;1H. The third-order valence-corrected chi connectivity index (χ3v) is 4.53. The molecular weight excluding hydrogens is 387 g/mol. The second-order valence-electron chi connectivity index (χ2n) is 6.03. The van der Waals surface area contributed by atoms with Gasteiger partial charge in [0, 0.05) is 24.7 Å². The van der Waals surface area contributed by atoms with Crippen molar-refractivity contribution < 1.29 is 14.3 Å². The maximum Gasteiger partial charge on any atom is 0.261 e. The number of hydrogen-bond donors (Lipinski definition) is 1. The summed E-state index contributed by atoms with van der Waals surface area (Å²) in [5.74, 6) is 1.18. The first-order valence-electron chi connectivity index (χ1n) is 8.79. The van der Waals surface area contributed by atoms with Gasteiger partial charge in [-0.1, -0.05) is 35.9 Å². The normalized spacial score (nSPS) is 16.4. The van der Waals surface area contributed by atoms with Crippen molar-refractivity contribution in [2.24, 2.45) is 0 Å². The molecule has 0 aromatic heterocycles. The van der Waals surface area contributed by atoms with Crippen LogP contribution in [0.2, 0.25) is 5.02 Å². The van der Waals surface area contributed by atoms with E-state index in [0.29, 0.717) is 36.2 Å². The first kappa shape index (κ1) is 21.4. The number of amides is 1. The van der Waals surface area contributed by atoms with Gasteiger partial charge in [0.25, 0.3) is 5.91 Å². The van der Waals surface area contributed by atoms with E-state index in [1.165, 1.54) is 0 Å². The Kier molecular flexibility index (Phi) is 8.23. The highest BCUT2D eigenvalue weighted by Crippen LogP contribution is 2.28. The highest BCUT2D eigenvalue weighted by molar-refractivity contribution is 6.30. The Morgan fingerprint density at radius 1 is 1.19 bits per heavy atom. The van der Waals surface area contributed by atoms with Gasteiger partial charge in [-0.25, -0.2) is 0 Å². The van der Waals surface area contributed by atoms with E-state index >= 15 is 0 Å². The smallest absolute Gasteiger partial charge is 0.261 e. The highest BCUT2D eigenvalue weighted by atomic mass is 35.5. The zero-order chi connectivity index (χ0) is 18.4. The number of nitrogens with one attached hydrogen (secondary N) is 1. The molecule has 27 heavy (non-hydrogen) atoms. The lowest BCUT2D eigenvalue weighted by Crippen LogP contribution is -2.50. The van der Waals surface area contributed by atoms with E-state index in [1.807, 2.05) is 60.4 Å². The molecule has 1 heterocycles. The second-order valence-corrected chi connectivity index (χ2v) is 6.47. The monoisotopic (exact) mass is 410 g/mol. The minimum atomic E-state index is -0.0549. The van der Waals surface area contributed by atoms with Crippen LogP contribution >= 0.6 is 24.0 Å². The molecule has 1 fully saturated rings. The Bertz CT molecular complexity index is 758. The average molecular weight is 411 g/mol. The van der Waals surface area contributed by atoms with Gasteiger partial charge in [-0.15, -0.1) is 12.4 Å². The van der Waals surface area contributed by atoms with Gasteiger partial charge in [0.1, 0.15) is 0 Å². The third kappa shape index (κ3) is 5.51. The second kappa shape index (κ2) is 10.4. The van der Waals surface area contributed by atoms with Crippen LogP contribution in [0.4, 0.5) is 0 Å². The fraction of sp³-hybridized carbons (Fsp3) is 0.350. The van der Waals surface area contributed by atoms with Gasteiger partial charge in [0.15, 0.2) is 18.1 Å². The van der Waals surface area contributed by atoms with Crippen molar-refractivity contribution >= 4 is 29.9 Å². The molecule has 1 saturated heterocycles. The van der Waals surface area contributed by atoms with Gasteiger partial charge in [-0.3, -0.25) is 4.79 Å². The first-order chi connectivity index (χ1) is 12.7. The minimum absolute atomic E-state index is 0. The predicted octanol–water partition coefficient (Wildman–Crippen LogP) is 3.71. The minimum Gasteiger partial charge on any atom is -0.490 e. The molecule has 0 bridgehead atoms. The number of ether oxygens (including phenoxy) is 2. The van der Waals surface area contributed by atoms with Crippen LogP contribution in [0.15, 0.2) is 48.5 Å². The van der Waals surface area contributed by atoms with Gasteiger partial charge in [0.2, 0.25) is 0 Å². The number of hydrogen-bond acceptors (Lipinski definition) is 4. The molecule has 5 nitrogen and oxygen atoms in total. The van der Waals surface area contributed by atoms with Crippen molar-refractivity contribution in [3.8, 4) is 11.5 Å². The van der Waals surface area contributed by atoms with E-state index < -0.39 is 0 Å². The number of carbonyl (C=O) groups excluding carboxylic acids is 1. The van der Waals surface area contributed by atoms with E-state index in [9.17, 15) is 4.79 Å². The SMILES string of the molecule is CCOc1ccccc1OCC(=O)N1CCNCC1c1cccc(Cl)c1.Cl. The van der Waals surface area contributed by atoms with Crippen molar-refractivity contribution in [1.82, 2.24) is 10.2 Å². The molecule has 1 N–H and O–H groups in total. The molecule has 0 spiro atoms. The van der Waals surface area contributed by atoms with Crippen molar-refractivity contribution in [2.45, 2.75) is 13.0 Å². The third-order valence-electron chi connectivity index (χ3n) is 4.30. The first-order valence-corrected chi connectivity index (χ1v) is 9.17. The Labute approximate surface area is 171 Å². The molecule has 3 rings (SSSR count). The van der Waals surface area contributed by atoms with E-state index in [0.717, 1.165) is 12.1 Å². The fourth-order valence-corrected chi connectivity index (χ4v) is 3.28. The molecule has 0 radical (unpaired) electrons. The van der Waals surface area contributed by atoms with Gasteiger partial charge < -0.3 is 19.7 Å². The number of rotatable bonds is 6. The molecule has 1 unspecified atom stereocenters. The number of benzene rings is 2. The van der Waals surface area contributed by atoms with Crippen molar-refractivity contribution in [3.63, 3.8) is 0 Å². The zero-order valence-electron chi connectivity index (χ0n) is 15.2. The number of halogens is 2. The van der Waals surface area contributed by atoms with Crippen molar-refractivity contribution in [2.75, 3.05) is 32.8 Å². The summed E-state index contributed by atoms with van der Waals surface area (Å²) in [6, 6.07) is 15.0.